The van der Waals surface area contributed by atoms with Crippen LogP contribution in [0.4, 0.5) is 0 Å². The SMILES string of the molecule is Cc1nnc2n1CC(CN(C)C)N(C(=O)c1nccc3occc13)C2. The molecule has 0 aromatic carbocycles. The molecule has 1 aliphatic rings. The van der Waals surface area contributed by atoms with Crippen LogP contribution in [0.15, 0.2) is 29.0 Å². The molecule has 0 bridgehead atoms. The van der Waals surface area contributed by atoms with Gasteiger partial charge in [-0.15, -0.1) is 10.2 Å². The Bertz CT molecular complexity index is 928. The lowest BCUT2D eigenvalue weighted by molar-refractivity contribution is 0.0539. The molecule has 0 saturated carbocycles. The van der Waals surface area contributed by atoms with E-state index in [4.69, 9.17) is 4.42 Å². The van der Waals surface area contributed by atoms with E-state index in [-0.39, 0.29) is 11.9 Å². The minimum atomic E-state index is -0.106. The second kappa shape index (κ2) is 5.96. The van der Waals surface area contributed by atoms with Gasteiger partial charge < -0.3 is 18.8 Å². The lowest BCUT2D eigenvalue weighted by atomic mass is 10.1. The summed E-state index contributed by atoms with van der Waals surface area (Å²) in [7, 11) is 4.01. The van der Waals surface area contributed by atoms with Crippen molar-refractivity contribution in [3.05, 3.63) is 41.9 Å². The van der Waals surface area contributed by atoms with Gasteiger partial charge >= 0.3 is 0 Å². The van der Waals surface area contributed by atoms with Crippen LogP contribution in [0.25, 0.3) is 11.0 Å². The maximum atomic E-state index is 13.3. The predicted molar refractivity (Wildman–Crippen MR) is 91.0 cm³/mol. The average molecular weight is 340 g/mol. The largest absolute Gasteiger partial charge is 0.464 e. The Morgan fingerprint density at radius 2 is 2.20 bits per heavy atom. The summed E-state index contributed by atoms with van der Waals surface area (Å²) in [6, 6.07) is 3.57. The molecule has 0 N–H and O–H groups in total. The topological polar surface area (TPSA) is 80.3 Å². The van der Waals surface area contributed by atoms with Crippen LogP contribution in [-0.4, -0.2) is 62.1 Å². The van der Waals surface area contributed by atoms with Crippen molar-refractivity contribution in [2.45, 2.75) is 26.1 Å². The van der Waals surface area contributed by atoms with Gasteiger partial charge in [0.05, 0.1) is 24.2 Å². The molecule has 4 heterocycles. The number of carbonyl (C=O) groups is 1. The number of pyridine rings is 1. The Morgan fingerprint density at radius 1 is 1.36 bits per heavy atom. The highest BCUT2D eigenvalue weighted by Gasteiger charge is 2.34. The van der Waals surface area contributed by atoms with E-state index in [1.165, 1.54) is 0 Å². The summed E-state index contributed by atoms with van der Waals surface area (Å²) in [5.74, 6) is 1.58. The van der Waals surface area contributed by atoms with Gasteiger partial charge in [-0.05, 0) is 33.2 Å². The minimum Gasteiger partial charge on any atom is -0.464 e. The first kappa shape index (κ1) is 15.8. The molecular formula is C17H20N6O2. The fourth-order valence-corrected chi connectivity index (χ4v) is 3.39. The fraction of sp³-hybridized carbons (Fsp3) is 0.412. The molecule has 0 radical (unpaired) electrons. The third-order valence-corrected chi connectivity index (χ3v) is 4.58. The van der Waals surface area contributed by atoms with Gasteiger partial charge in [0.1, 0.15) is 17.1 Å². The fourth-order valence-electron chi connectivity index (χ4n) is 3.39. The van der Waals surface area contributed by atoms with Crippen LogP contribution in [0.1, 0.15) is 22.1 Å². The molecule has 0 aliphatic carbocycles. The molecular weight excluding hydrogens is 320 g/mol. The number of nitrogens with zero attached hydrogens (tertiary/aromatic N) is 6. The number of fused-ring (bicyclic) bond motifs is 2. The number of aryl methyl sites for hydroxylation is 1. The van der Waals surface area contributed by atoms with Crippen LogP contribution in [0.2, 0.25) is 0 Å². The van der Waals surface area contributed by atoms with E-state index in [2.05, 4.69) is 24.6 Å². The molecule has 1 aliphatic heterocycles. The summed E-state index contributed by atoms with van der Waals surface area (Å²) in [5, 5.41) is 9.10. The van der Waals surface area contributed by atoms with Crippen LogP contribution < -0.4 is 0 Å². The van der Waals surface area contributed by atoms with E-state index < -0.39 is 0 Å². The molecule has 0 saturated heterocycles. The van der Waals surface area contributed by atoms with Gasteiger partial charge in [-0.1, -0.05) is 0 Å². The number of hydrogen-bond donors (Lipinski definition) is 0. The number of hydrogen-bond acceptors (Lipinski definition) is 6. The van der Waals surface area contributed by atoms with Gasteiger partial charge in [0.15, 0.2) is 5.82 Å². The van der Waals surface area contributed by atoms with Crippen molar-refractivity contribution < 1.29 is 9.21 Å². The quantitative estimate of drug-likeness (QED) is 0.715. The van der Waals surface area contributed by atoms with E-state index in [1.54, 1.807) is 24.6 Å². The molecule has 0 fully saturated rings. The van der Waals surface area contributed by atoms with Crippen molar-refractivity contribution in [2.75, 3.05) is 20.6 Å². The number of amides is 1. The van der Waals surface area contributed by atoms with E-state index >= 15 is 0 Å². The lowest BCUT2D eigenvalue weighted by Crippen LogP contribution is -2.51. The molecule has 3 aromatic rings. The summed E-state index contributed by atoms with van der Waals surface area (Å²) >= 11 is 0. The molecule has 1 amide bonds. The summed E-state index contributed by atoms with van der Waals surface area (Å²) in [4.78, 5) is 21.5. The molecule has 4 rings (SSSR count). The Kier molecular flexibility index (Phi) is 3.76. The zero-order chi connectivity index (χ0) is 17.6. The monoisotopic (exact) mass is 340 g/mol. The smallest absolute Gasteiger partial charge is 0.273 e. The molecule has 25 heavy (non-hydrogen) atoms. The zero-order valence-corrected chi connectivity index (χ0v) is 14.5. The van der Waals surface area contributed by atoms with Crippen molar-refractivity contribution in [1.29, 1.82) is 0 Å². The number of likely N-dealkylation sites (N-methyl/N-ethyl adjacent to an activating group) is 1. The number of rotatable bonds is 3. The van der Waals surface area contributed by atoms with Crippen molar-refractivity contribution in [3.8, 4) is 0 Å². The van der Waals surface area contributed by atoms with Gasteiger partial charge in [0, 0.05) is 19.3 Å². The molecule has 8 heteroatoms. The van der Waals surface area contributed by atoms with Crippen molar-refractivity contribution in [1.82, 2.24) is 29.5 Å². The highest BCUT2D eigenvalue weighted by atomic mass is 16.3. The first-order chi connectivity index (χ1) is 12.0. The highest BCUT2D eigenvalue weighted by Crippen LogP contribution is 2.24. The summed E-state index contributed by atoms with van der Waals surface area (Å²) in [6.07, 6.45) is 3.19. The van der Waals surface area contributed by atoms with Gasteiger partial charge in [-0.25, -0.2) is 0 Å². The van der Waals surface area contributed by atoms with E-state index in [1.807, 2.05) is 25.9 Å². The van der Waals surface area contributed by atoms with Gasteiger partial charge in [-0.2, -0.15) is 0 Å². The van der Waals surface area contributed by atoms with E-state index in [0.717, 1.165) is 23.6 Å². The van der Waals surface area contributed by atoms with Crippen molar-refractivity contribution in [2.24, 2.45) is 0 Å². The Morgan fingerprint density at radius 3 is 3.00 bits per heavy atom. The predicted octanol–water partition coefficient (Wildman–Crippen LogP) is 1.31. The Balaban J connectivity index is 1.73. The Hall–Kier alpha value is -2.74. The van der Waals surface area contributed by atoms with Crippen LogP contribution in [0, 0.1) is 6.92 Å². The summed E-state index contributed by atoms with van der Waals surface area (Å²) in [6.45, 7) is 3.80. The molecule has 8 nitrogen and oxygen atoms in total. The maximum Gasteiger partial charge on any atom is 0.273 e. The first-order valence-corrected chi connectivity index (χ1v) is 8.21. The zero-order valence-electron chi connectivity index (χ0n) is 14.5. The average Bonchev–Trinajstić information content (AvgIpc) is 3.20. The highest BCUT2D eigenvalue weighted by molar-refractivity contribution is 6.04. The number of aromatic nitrogens is 4. The van der Waals surface area contributed by atoms with Crippen LogP contribution in [-0.2, 0) is 13.1 Å². The van der Waals surface area contributed by atoms with Crippen LogP contribution in [0.5, 0.6) is 0 Å². The van der Waals surface area contributed by atoms with Gasteiger partial charge in [0.25, 0.3) is 5.91 Å². The van der Waals surface area contributed by atoms with Gasteiger partial charge in [-0.3, -0.25) is 9.78 Å². The third-order valence-electron chi connectivity index (χ3n) is 4.58. The standard InChI is InChI=1S/C17H20N6O2/c1-11-19-20-15-10-23(12(8-21(2)3)9-22(11)15)17(24)16-13-5-7-25-14(13)4-6-18-16/h4-7,12H,8-10H2,1-3H3. The second-order valence-corrected chi connectivity index (χ2v) is 6.62. The number of furan rings is 1. The van der Waals surface area contributed by atoms with Gasteiger partial charge in [0.2, 0.25) is 0 Å². The van der Waals surface area contributed by atoms with Crippen molar-refractivity contribution >= 4 is 16.9 Å². The van der Waals surface area contributed by atoms with Crippen LogP contribution in [0.3, 0.4) is 0 Å². The minimum absolute atomic E-state index is 0.0219. The van der Waals surface area contributed by atoms with E-state index in [0.29, 0.717) is 24.4 Å². The van der Waals surface area contributed by atoms with E-state index in [9.17, 15) is 4.79 Å². The number of carbonyl (C=O) groups excluding carboxylic acids is 1. The molecule has 130 valence electrons. The molecule has 1 unspecified atom stereocenters. The first-order valence-electron chi connectivity index (χ1n) is 8.21. The third kappa shape index (κ3) is 2.68. The normalized spacial score (nSPS) is 17.3. The second-order valence-electron chi connectivity index (χ2n) is 6.62. The molecule has 0 spiro atoms. The lowest BCUT2D eigenvalue weighted by Gasteiger charge is -2.37. The van der Waals surface area contributed by atoms with Crippen LogP contribution >= 0.6 is 0 Å². The Labute approximate surface area is 145 Å². The molecule has 3 aromatic heterocycles. The molecule has 1 atom stereocenters. The summed E-state index contributed by atoms with van der Waals surface area (Å²) < 4.78 is 7.49. The summed E-state index contributed by atoms with van der Waals surface area (Å²) in [5.41, 5.74) is 1.08. The maximum absolute atomic E-state index is 13.3. The van der Waals surface area contributed by atoms with Crippen molar-refractivity contribution in [3.63, 3.8) is 0 Å².